The Balaban J connectivity index is 1.71. The van der Waals surface area contributed by atoms with Crippen LogP contribution in [0.1, 0.15) is 31.4 Å². The van der Waals surface area contributed by atoms with Crippen LogP contribution in [0.4, 0.5) is 21.9 Å². The number of carbonyl (C=O) groups is 4. The summed E-state index contributed by atoms with van der Waals surface area (Å²) in [5.74, 6) is -5.73. The van der Waals surface area contributed by atoms with Gasteiger partial charge < -0.3 is 41.7 Å². The lowest BCUT2D eigenvalue weighted by atomic mass is 9.46. The number of benzene rings is 2. The van der Waals surface area contributed by atoms with Crippen molar-refractivity contribution in [3.8, 4) is 5.75 Å². The maximum atomic E-state index is 14.5. The number of nitrogens with one attached hydrogen (secondary N) is 2. The molecule has 2 aromatic carbocycles. The highest BCUT2D eigenvalue weighted by Crippen LogP contribution is 2.63. The molecule has 3 aliphatic rings. The number of hydrogen-bond donors (Lipinski definition) is 7. The van der Waals surface area contributed by atoms with Gasteiger partial charge in [-0.05, 0) is 56.8 Å². The highest BCUT2D eigenvalue weighted by molar-refractivity contribution is 6.31. The molecule has 3 amide bonds. The molecule has 14 heteroatoms. The first-order chi connectivity index (χ1) is 21.3. The van der Waals surface area contributed by atoms with Crippen molar-refractivity contribution in [1.82, 2.24) is 4.90 Å². The number of phenols is 1. The Kier molecular flexibility index (Phi) is 7.66. The van der Waals surface area contributed by atoms with Gasteiger partial charge in [0, 0.05) is 46.9 Å². The van der Waals surface area contributed by atoms with Crippen molar-refractivity contribution in [2.45, 2.75) is 38.3 Å². The monoisotopic (exact) mass is 653 g/mol. The molecule has 3 aliphatic carbocycles. The smallest absolute Gasteiger partial charge is 0.323 e. The molecule has 0 bridgehead atoms. The predicted molar refractivity (Wildman–Crippen MR) is 172 cm³/mol. The minimum absolute atomic E-state index is 0.0523. The van der Waals surface area contributed by atoms with Gasteiger partial charge in [0.05, 0.1) is 17.3 Å². The van der Waals surface area contributed by atoms with E-state index in [1.54, 1.807) is 58.2 Å². The largest absolute Gasteiger partial charge is 0.508 e. The van der Waals surface area contributed by atoms with E-state index in [2.05, 4.69) is 10.6 Å². The van der Waals surface area contributed by atoms with E-state index >= 15 is 0 Å². The number of likely N-dealkylation sites (N-methyl/N-ethyl adjacent to an activating group) is 1. The quantitative estimate of drug-likeness (QED) is 0.185. The fraction of sp³-hybridized carbons (Fsp3) is 0.375. The summed E-state index contributed by atoms with van der Waals surface area (Å²) < 4.78 is 0. The maximum Gasteiger partial charge on any atom is 0.323 e. The van der Waals surface area contributed by atoms with Crippen molar-refractivity contribution in [2.75, 3.05) is 43.7 Å². The molecule has 0 aliphatic heterocycles. The minimum Gasteiger partial charge on any atom is -0.508 e. The van der Waals surface area contributed by atoms with E-state index in [1.165, 1.54) is 24.0 Å². The molecule has 1 fully saturated rings. The molecule has 4 atom stereocenters. The highest BCUT2D eigenvalue weighted by atomic mass is 35.5. The SMILES string of the molecule is CN(C)c1cc(NC(=O)Nc2cccc(Cl)c2)c(O)c2c1C[C@@]1(C)C[C@@]3(C)[C@H](N(C)C)C(=O)C(C(N)=O)=C(O)[C@@]3(O)C(=O)C1=C2O. The van der Waals surface area contributed by atoms with E-state index in [4.69, 9.17) is 17.3 Å². The maximum absolute atomic E-state index is 14.5. The van der Waals surface area contributed by atoms with Gasteiger partial charge in [0.25, 0.3) is 5.91 Å². The van der Waals surface area contributed by atoms with E-state index in [9.17, 15) is 39.6 Å². The number of aliphatic hydroxyl groups is 3. The topological polar surface area (TPSA) is 206 Å². The van der Waals surface area contributed by atoms with Crippen LogP contribution >= 0.6 is 11.6 Å². The van der Waals surface area contributed by atoms with Crippen LogP contribution in [0.15, 0.2) is 47.2 Å². The third-order valence-corrected chi connectivity index (χ3v) is 9.66. The number of ketones is 2. The number of rotatable bonds is 5. The number of anilines is 3. The van der Waals surface area contributed by atoms with E-state index in [0.29, 0.717) is 22.0 Å². The van der Waals surface area contributed by atoms with Gasteiger partial charge in [-0.15, -0.1) is 0 Å². The number of phenolic OH excluding ortho intramolecular Hbond substituents is 1. The van der Waals surface area contributed by atoms with Crippen LogP contribution in [0.5, 0.6) is 5.75 Å². The number of nitrogens with two attached hydrogens (primary N) is 1. The Labute approximate surface area is 269 Å². The van der Waals surface area contributed by atoms with Gasteiger partial charge in [-0.1, -0.05) is 31.5 Å². The van der Waals surface area contributed by atoms with Crippen LogP contribution in [0.3, 0.4) is 0 Å². The summed E-state index contributed by atoms with van der Waals surface area (Å²) in [6, 6.07) is 5.95. The summed E-state index contributed by atoms with van der Waals surface area (Å²) in [7, 11) is 6.53. The highest BCUT2D eigenvalue weighted by Gasteiger charge is 2.72. The molecule has 0 heterocycles. The van der Waals surface area contributed by atoms with Crippen molar-refractivity contribution < 1.29 is 39.6 Å². The number of aromatic hydroxyl groups is 1. The first-order valence-corrected chi connectivity index (χ1v) is 14.7. The van der Waals surface area contributed by atoms with Crippen LogP contribution in [-0.4, -0.2) is 88.7 Å². The van der Waals surface area contributed by atoms with Gasteiger partial charge in [-0.25, -0.2) is 4.79 Å². The molecule has 46 heavy (non-hydrogen) atoms. The number of Topliss-reactive ketones (excluding diaryl/α,β-unsaturated/α-hetero) is 2. The Morgan fingerprint density at radius 2 is 1.70 bits per heavy atom. The summed E-state index contributed by atoms with van der Waals surface area (Å²) in [4.78, 5) is 56.5. The number of fused-ring (bicyclic) bond motifs is 3. The molecule has 1 saturated carbocycles. The number of urea groups is 1. The van der Waals surface area contributed by atoms with Crippen molar-refractivity contribution >= 4 is 57.9 Å². The van der Waals surface area contributed by atoms with E-state index in [0.717, 1.165) is 0 Å². The zero-order chi connectivity index (χ0) is 34.3. The van der Waals surface area contributed by atoms with Crippen LogP contribution in [0.25, 0.3) is 5.76 Å². The van der Waals surface area contributed by atoms with E-state index in [-0.39, 0.29) is 29.7 Å². The molecular weight excluding hydrogens is 618 g/mol. The van der Waals surface area contributed by atoms with Gasteiger partial charge in [0.1, 0.15) is 17.1 Å². The van der Waals surface area contributed by atoms with Crippen molar-refractivity contribution in [3.63, 3.8) is 0 Å². The molecule has 8 N–H and O–H groups in total. The average molecular weight is 654 g/mol. The van der Waals surface area contributed by atoms with Gasteiger partial charge in [-0.3, -0.25) is 19.3 Å². The summed E-state index contributed by atoms with van der Waals surface area (Å²) in [6.07, 6.45) is -0.0574. The first kappa shape index (κ1) is 32.8. The van der Waals surface area contributed by atoms with Crippen LogP contribution in [0.2, 0.25) is 5.02 Å². The predicted octanol–water partition coefficient (Wildman–Crippen LogP) is 3.11. The summed E-state index contributed by atoms with van der Waals surface area (Å²) >= 11 is 6.01. The molecular formula is C32H36ClN5O8. The number of aliphatic hydroxyl groups excluding tert-OH is 2. The summed E-state index contributed by atoms with van der Waals surface area (Å²) in [5, 5.41) is 52.3. The number of amides is 3. The van der Waals surface area contributed by atoms with Crippen molar-refractivity contribution in [3.05, 3.63) is 63.4 Å². The molecule has 0 radical (unpaired) electrons. The van der Waals surface area contributed by atoms with Crippen LogP contribution in [-0.2, 0) is 20.8 Å². The van der Waals surface area contributed by atoms with Gasteiger partial charge in [0.2, 0.25) is 5.78 Å². The zero-order valence-electron chi connectivity index (χ0n) is 26.1. The molecule has 13 nitrogen and oxygen atoms in total. The zero-order valence-corrected chi connectivity index (χ0v) is 26.9. The number of halogens is 1. The van der Waals surface area contributed by atoms with Gasteiger partial charge >= 0.3 is 6.03 Å². The molecule has 5 rings (SSSR count). The number of carbonyl (C=O) groups excluding carboxylic acids is 4. The standard InChI is InChI=1S/C32H36ClN5O8/c1-30-12-16-18(37(3)4)11-17(36-29(45)35-15-9-7-8-14(33)10-15)22(39)19(16)23(40)21(30)27(43)32(46)26(42)20(28(34)44)24(41)25(38(5)6)31(32,2)13-30/h7-11,25,39-40,42,46H,12-13H2,1-6H3,(H2,34,44)(H2,35,36,45)/t25-,30+,31+,32-/m1/s1. The Morgan fingerprint density at radius 1 is 1.04 bits per heavy atom. The second kappa shape index (κ2) is 10.7. The molecule has 2 aromatic rings. The lowest BCUT2D eigenvalue weighted by molar-refractivity contribution is -0.175. The third kappa shape index (κ3) is 4.52. The number of primary amides is 1. The lowest BCUT2D eigenvalue weighted by Crippen LogP contribution is -2.72. The minimum atomic E-state index is -2.84. The molecule has 0 aromatic heterocycles. The lowest BCUT2D eigenvalue weighted by Gasteiger charge is -2.59. The third-order valence-electron chi connectivity index (χ3n) is 9.42. The van der Waals surface area contributed by atoms with E-state index in [1.807, 2.05) is 0 Å². The summed E-state index contributed by atoms with van der Waals surface area (Å²) in [5.41, 5.74) is -0.479. The molecule has 0 saturated heterocycles. The first-order valence-electron chi connectivity index (χ1n) is 14.3. The normalized spacial score (nSPS) is 27.2. The second-order valence-corrected chi connectivity index (χ2v) is 13.5. The fourth-order valence-electron chi connectivity index (χ4n) is 7.72. The number of hydrogen-bond acceptors (Lipinski definition) is 10. The number of nitrogens with zero attached hydrogens (tertiary/aromatic N) is 2. The average Bonchev–Trinajstić information content (AvgIpc) is 2.91. The van der Waals surface area contributed by atoms with Crippen LogP contribution < -0.4 is 21.3 Å². The Morgan fingerprint density at radius 3 is 2.26 bits per heavy atom. The fourth-order valence-corrected chi connectivity index (χ4v) is 7.91. The van der Waals surface area contributed by atoms with Gasteiger partial charge in [-0.2, -0.15) is 0 Å². The van der Waals surface area contributed by atoms with Crippen molar-refractivity contribution in [2.24, 2.45) is 16.6 Å². The molecule has 0 unspecified atom stereocenters. The Bertz CT molecular complexity index is 1800. The van der Waals surface area contributed by atoms with E-state index < -0.39 is 68.8 Å². The molecule has 244 valence electrons. The molecule has 0 spiro atoms. The summed E-state index contributed by atoms with van der Waals surface area (Å²) in [6.45, 7) is 3.17. The van der Waals surface area contributed by atoms with Gasteiger partial charge in [0.15, 0.2) is 17.1 Å². The van der Waals surface area contributed by atoms with Crippen molar-refractivity contribution in [1.29, 1.82) is 0 Å². The van der Waals surface area contributed by atoms with Crippen LogP contribution in [0, 0.1) is 10.8 Å². The Hall–Kier alpha value is -4.59. The second-order valence-electron chi connectivity index (χ2n) is 13.0.